The Morgan fingerprint density at radius 3 is 2.50 bits per heavy atom. The third-order valence-corrected chi connectivity index (χ3v) is 5.67. The van der Waals surface area contributed by atoms with Crippen molar-refractivity contribution in [2.24, 2.45) is 0 Å². The molecule has 0 heterocycles. The molecule has 2 aromatic carbocycles. The molecule has 0 amide bonds. The standard InChI is InChI=1S/C19H24N2O4S/c1-4-5-12-21(3)15-10-11-17(16(13-15)19(22)23)20-26(24,25)18-9-7-6-8-14(18)2/h6-11,13,20H,4-5,12H2,1-3H3,(H,22,23). The van der Waals surface area contributed by atoms with E-state index in [2.05, 4.69) is 11.6 Å². The molecule has 0 radical (unpaired) electrons. The van der Waals surface area contributed by atoms with Gasteiger partial charge in [-0.05, 0) is 43.2 Å². The summed E-state index contributed by atoms with van der Waals surface area (Å²) in [7, 11) is -1.99. The van der Waals surface area contributed by atoms with Gasteiger partial charge in [0.15, 0.2) is 0 Å². The summed E-state index contributed by atoms with van der Waals surface area (Å²) >= 11 is 0. The Hall–Kier alpha value is -2.54. The molecule has 0 fully saturated rings. The summed E-state index contributed by atoms with van der Waals surface area (Å²) in [4.78, 5) is 13.7. The molecule has 140 valence electrons. The normalized spacial score (nSPS) is 11.2. The zero-order valence-electron chi connectivity index (χ0n) is 15.2. The zero-order chi connectivity index (χ0) is 19.3. The average Bonchev–Trinajstić information content (AvgIpc) is 2.59. The molecule has 2 N–H and O–H groups in total. The van der Waals surface area contributed by atoms with Crippen LogP contribution in [0.5, 0.6) is 0 Å². The first-order chi connectivity index (χ1) is 12.3. The minimum absolute atomic E-state index is 0.0494. The highest BCUT2D eigenvalue weighted by molar-refractivity contribution is 7.92. The van der Waals surface area contributed by atoms with E-state index in [0.29, 0.717) is 5.56 Å². The molecule has 0 aromatic heterocycles. The monoisotopic (exact) mass is 376 g/mol. The number of hydrogen-bond acceptors (Lipinski definition) is 4. The van der Waals surface area contributed by atoms with E-state index < -0.39 is 16.0 Å². The fourth-order valence-electron chi connectivity index (χ4n) is 2.62. The number of nitrogens with one attached hydrogen (secondary N) is 1. The van der Waals surface area contributed by atoms with Crippen LogP contribution in [0.15, 0.2) is 47.4 Å². The van der Waals surface area contributed by atoms with Crippen molar-refractivity contribution in [2.75, 3.05) is 23.2 Å². The summed E-state index contributed by atoms with van der Waals surface area (Å²) in [5.74, 6) is -1.18. The Balaban J connectivity index is 2.37. The third kappa shape index (κ3) is 4.54. The van der Waals surface area contributed by atoms with Crippen molar-refractivity contribution in [1.29, 1.82) is 0 Å². The Kier molecular flexibility index (Phi) is 6.26. The molecule has 0 unspecified atom stereocenters. The van der Waals surface area contributed by atoms with Crippen LogP contribution in [0.2, 0.25) is 0 Å². The van der Waals surface area contributed by atoms with Crippen LogP contribution in [0.1, 0.15) is 35.7 Å². The van der Waals surface area contributed by atoms with Crippen LogP contribution in [0, 0.1) is 6.92 Å². The Bertz CT molecular complexity index is 894. The summed E-state index contributed by atoms with van der Waals surface area (Å²) in [6, 6.07) is 11.3. The molecule has 2 rings (SSSR count). The van der Waals surface area contributed by atoms with Gasteiger partial charge in [0.05, 0.1) is 16.1 Å². The number of hydrogen-bond donors (Lipinski definition) is 2. The predicted octanol–water partition coefficient (Wildman–Crippen LogP) is 3.73. The predicted molar refractivity (Wildman–Crippen MR) is 104 cm³/mol. The molecule has 0 saturated carbocycles. The number of aryl methyl sites for hydroxylation is 1. The highest BCUT2D eigenvalue weighted by Crippen LogP contribution is 2.26. The number of carboxylic acid groups (broad SMARTS) is 1. The Labute approximate surface area is 154 Å². The number of rotatable bonds is 8. The molecule has 7 heteroatoms. The van der Waals surface area contributed by atoms with Gasteiger partial charge in [-0.1, -0.05) is 31.5 Å². The first-order valence-electron chi connectivity index (χ1n) is 8.43. The summed E-state index contributed by atoms with van der Waals surface area (Å²) in [5, 5.41) is 9.52. The minimum Gasteiger partial charge on any atom is -0.478 e. The largest absolute Gasteiger partial charge is 0.478 e. The number of carboxylic acids is 1. The molecule has 0 bridgehead atoms. The van der Waals surface area contributed by atoms with Crippen LogP contribution < -0.4 is 9.62 Å². The number of carbonyl (C=O) groups is 1. The quantitative estimate of drug-likeness (QED) is 0.733. The van der Waals surface area contributed by atoms with Gasteiger partial charge in [-0.15, -0.1) is 0 Å². The molecule has 0 atom stereocenters. The molecule has 0 saturated heterocycles. The first-order valence-corrected chi connectivity index (χ1v) is 9.91. The van der Waals surface area contributed by atoms with Crippen molar-refractivity contribution < 1.29 is 18.3 Å². The lowest BCUT2D eigenvalue weighted by Crippen LogP contribution is -2.20. The molecule has 0 aliphatic heterocycles. The lowest BCUT2D eigenvalue weighted by molar-refractivity contribution is 0.0698. The molecule has 2 aromatic rings. The van der Waals surface area contributed by atoms with Crippen molar-refractivity contribution >= 4 is 27.4 Å². The maximum Gasteiger partial charge on any atom is 0.337 e. The van der Waals surface area contributed by atoms with Crippen LogP contribution in [0.3, 0.4) is 0 Å². The molecular formula is C19H24N2O4S. The van der Waals surface area contributed by atoms with Gasteiger partial charge in [0.2, 0.25) is 0 Å². The van der Waals surface area contributed by atoms with Gasteiger partial charge >= 0.3 is 5.97 Å². The third-order valence-electron chi connectivity index (χ3n) is 4.15. The summed E-state index contributed by atoms with van der Waals surface area (Å²) < 4.78 is 27.7. The van der Waals surface area contributed by atoms with Gasteiger partial charge in [0, 0.05) is 19.3 Å². The number of anilines is 2. The number of nitrogens with zero attached hydrogens (tertiary/aromatic N) is 1. The van der Waals surface area contributed by atoms with Crippen LogP contribution in [0.25, 0.3) is 0 Å². The van der Waals surface area contributed by atoms with E-state index in [1.165, 1.54) is 18.2 Å². The van der Waals surface area contributed by atoms with Crippen LogP contribution in [-0.4, -0.2) is 33.1 Å². The van der Waals surface area contributed by atoms with E-state index in [1.807, 2.05) is 11.9 Å². The summed E-state index contributed by atoms with van der Waals surface area (Å²) in [6.45, 7) is 4.57. The molecular weight excluding hydrogens is 352 g/mol. The number of aromatic carboxylic acids is 1. The molecule has 0 aliphatic carbocycles. The van der Waals surface area contributed by atoms with E-state index in [0.717, 1.165) is 25.1 Å². The molecule has 6 nitrogen and oxygen atoms in total. The van der Waals surface area contributed by atoms with Crippen molar-refractivity contribution in [3.05, 3.63) is 53.6 Å². The van der Waals surface area contributed by atoms with Crippen molar-refractivity contribution in [3.8, 4) is 0 Å². The van der Waals surface area contributed by atoms with Crippen molar-refractivity contribution in [1.82, 2.24) is 0 Å². The number of benzene rings is 2. The SMILES string of the molecule is CCCCN(C)c1ccc(NS(=O)(=O)c2ccccc2C)c(C(=O)O)c1. The maximum absolute atomic E-state index is 12.6. The van der Waals surface area contributed by atoms with E-state index in [4.69, 9.17) is 0 Å². The highest BCUT2D eigenvalue weighted by atomic mass is 32.2. The Morgan fingerprint density at radius 2 is 1.88 bits per heavy atom. The van der Waals surface area contributed by atoms with Gasteiger partial charge in [0.1, 0.15) is 0 Å². The lowest BCUT2D eigenvalue weighted by Gasteiger charge is -2.20. The molecule has 26 heavy (non-hydrogen) atoms. The fourth-order valence-corrected chi connectivity index (χ4v) is 3.94. The maximum atomic E-state index is 12.6. The number of unbranched alkanes of at least 4 members (excludes halogenated alkanes) is 1. The van der Waals surface area contributed by atoms with Crippen LogP contribution in [0.4, 0.5) is 11.4 Å². The second kappa shape index (κ2) is 8.23. The van der Waals surface area contributed by atoms with E-state index >= 15 is 0 Å². The minimum atomic E-state index is -3.87. The van der Waals surface area contributed by atoms with Crippen LogP contribution >= 0.6 is 0 Å². The molecule has 0 aliphatic rings. The van der Waals surface area contributed by atoms with Crippen molar-refractivity contribution in [3.63, 3.8) is 0 Å². The topological polar surface area (TPSA) is 86.7 Å². The Morgan fingerprint density at radius 1 is 1.19 bits per heavy atom. The zero-order valence-corrected chi connectivity index (χ0v) is 16.0. The van der Waals surface area contributed by atoms with E-state index in [9.17, 15) is 18.3 Å². The van der Waals surface area contributed by atoms with Gasteiger partial charge in [-0.3, -0.25) is 4.72 Å². The average molecular weight is 376 g/mol. The highest BCUT2D eigenvalue weighted by Gasteiger charge is 2.20. The lowest BCUT2D eigenvalue weighted by atomic mass is 10.1. The van der Waals surface area contributed by atoms with E-state index in [-0.39, 0.29) is 16.1 Å². The summed E-state index contributed by atoms with van der Waals surface area (Å²) in [6.07, 6.45) is 2.02. The second-order valence-corrected chi connectivity index (χ2v) is 7.83. The van der Waals surface area contributed by atoms with Crippen LogP contribution in [-0.2, 0) is 10.0 Å². The fraction of sp³-hybridized carbons (Fsp3) is 0.316. The molecule has 0 spiro atoms. The van der Waals surface area contributed by atoms with E-state index in [1.54, 1.807) is 31.2 Å². The smallest absolute Gasteiger partial charge is 0.337 e. The van der Waals surface area contributed by atoms with Gasteiger partial charge in [-0.2, -0.15) is 0 Å². The van der Waals surface area contributed by atoms with Gasteiger partial charge < -0.3 is 10.0 Å². The number of sulfonamides is 1. The van der Waals surface area contributed by atoms with Crippen molar-refractivity contribution in [2.45, 2.75) is 31.6 Å². The first kappa shape index (κ1) is 19.8. The second-order valence-electron chi connectivity index (χ2n) is 6.18. The van der Waals surface area contributed by atoms with Gasteiger partial charge in [0.25, 0.3) is 10.0 Å². The summed E-state index contributed by atoms with van der Waals surface area (Å²) in [5.41, 5.74) is 1.29. The van der Waals surface area contributed by atoms with Gasteiger partial charge in [-0.25, -0.2) is 13.2 Å².